The zero-order valence-electron chi connectivity index (χ0n) is 9.35. The first-order valence-corrected chi connectivity index (χ1v) is 5.90. The van der Waals surface area contributed by atoms with Gasteiger partial charge in [-0.1, -0.05) is 19.9 Å². The molecule has 6 heteroatoms. The maximum atomic E-state index is 10.9. The maximum absolute atomic E-state index is 10.9. The minimum Gasteiger partial charge on any atom is -0.258 e. The summed E-state index contributed by atoms with van der Waals surface area (Å²) in [6.45, 7) is 3.89. The second-order valence-electron chi connectivity index (χ2n) is 3.96. The first kappa shape index (κ1) is 11.9. The molecule has 2 rings (SSSR count). The molecule has 0 saturated heterocycles. The van der Waals surface area contributed by atoms with Gasteiger partial charge in [-0.25, -0.2) is 9.97 Å². The number of hydrogen-bond donors (Lipinski definition) is 0. The number of hydrogen-bond acceptors (Lipinski definition) is 4. The Hall–Kier alpha value is -1.56. The number of rotatable bonds is 2. The van der Waals surface area contributed by atoms with Gasteiger partial charge in [-0.2, -0.15) is 0 Å². The molecule has 0 radical (unpaired) electrons. The Kier molecular flexibility index (Phi) is 3.06. The first-order chi connectivity index (χ1) is 8.00. The molecule has 0 atom stereocenters. The minimum absolute atomic E-state index is 0.00694. The van der Waals surface area contributed by atoms with Crippen LogP contribution in [0.3, 0.4) is 0 Å². The van der Waals surface area contributed by atoms with E-state index in [1.54, 1.807) is 12.1 Å². The van der Waals surface area contributed by atoms with Gasteiger partial charge in [0.2, 0.25) is 0 Å². The molecule has 0 amide bonds. The van der Waals surface area contributed by atoms with Gasteiger partial charge in [0.25, 0.3) is 5.69 Å². The number of non-ortho nitro benzene ring substituents is 1. The molecule has 0 unspecified atom stereocenters. The molecule has 0 aliphatic heterocycles. The summed E-state index contributed by atoms with van der Waals surface area (Å²) in [7, 11) is 0. The van der Waals surface area contributed by atoms with E-state index in [1.165, 1.54) is 6.07 Å². The van der Waals surface area contributed by atoms with Crippen LogP contribution in [0.5, 0.6) is 0 Å². The number of para-hydroxylation sites is 1. The number of nitro groups is 1. The molecule has 0 spiro atoms. The van der Waals surface area contributed by atoms with Crippen molar-refractivity contribution in [1.29, 1.82) is 0 Å². The van der Waals surface area contributed by atoms with Crippen molar-refractivity contribution in [1.82, 2.24) is 9.97 Å². The van der Waals surface area contributed by atoms with Gasteiger partial charge in [0.15, 0.2) is 5.52 Å². The van der Waals surface area contributed by atoms with E-state index < -0.39 is 4.92 Å². The molecular formula is C11H10BrN3O2. The smallest absolute Gasteiger partial charge is 0.258 e. The van der Waals surface area contributed by atoms with Crippen LogP contribution in [-0.2, 0) is 0 Å². The number of nitrogens with zero attached hydrogens (tertiary/aromatic N) is 3. The summed E-state index contributed by atoms with van der Waals surface area (Å²) in [6.07, 6.45) is 0. The Morgan fingerprint density at radius 3 is 2.65 bits per heavy atom. The molecule has 0 saturated carbocycles. The predicted molar refractivity (Wildman–Crippen MR) is 68.0 cm³/mol. The van der Waals surface area contributed by atoms with Crippen molar-refractivity contribution in [2.75, 3.05) is 0 Å². The molecule has 0 fully saturated rings. The first-order valence-electron chi connectivity index (χ1n) is 5.11. The summed E-state index contributed by atoms with van der Waals surface area (Å²) in [5.74, 6) is 0.717. The van der Waals surface area contributed by atoms with Gasteiger partial charge in [-0.05, 0) is 22.0 Å². The lowest BCUT2D eigenvalue weighted by Crippen LogP contribution is -2.00. The van der Waals surface area contributed by atoms with Crippen molar-refractivity contribution in [3.8, 4) is 0 Å². The van der Waals surface area contributed by atoms with Gasteiger partial charge < -0.3 is 0 Å². The van der Waals surface area contributed by atoms with Gasteiger partial charge in [-0.3, -0.25) is 10.1 Å². The number of aromatic nitrogens is 2. The summed E-state index contributed by atoms with van der Waals surface area (Å²) in [4.78, 5) is 19.1. The summed E-state index contributed by atoms with van der Waals surface area (Å²) in [5, 5.41) is 11.6. The maximum Gasteiger partial charge on any atom is 0.295 e. The SMILES string of the molecule is CC(C)c1nc(Br)c2cccc([N+](=O)[O-])c2n1. The van der Waals surface area contributed by atoms with Crippen LogP contribution >= 0.6 is 15.9 Å². The zero-order valence-corrected chi connectivity index (χ0v) is 10.9. The number of nitro benzene ring substituents is 1. The normalized spacial score (nSPS) is 11.1. The van der Waals surface area contributed by atoms with Crippen molar-refractivity contribution >= 4 is 32.5 Å². The van der Waals surface area contributed by atoms with Crippen molar-refractivity contribution in [3.05, 3.63) is 38.7 Å². The molecule has 17 heavy (non-hydrogen) atoms. The Labute approximate surface area is 106 Å². The van der Waals surface area contributed by atoms with E-state index in [-0.39, 0.29) is 11.6 Å². The lowest BCUT2D eigenvalue weighted by atomic mass is 10.1. The van der Waals surface area contributed by atoms with E-state index in [4.69, 9.17) is 0 Å². The molecule has 5 nitrogen and oxygen atoms in total. The van der Waals surface area contributed by atoms with Gasteiger partial charge >= 0.3 is 0 Å². The zero-order chi connectivity index (χ0) is 12.6. The summed E-state index contributed by atoms with van der Waals surface area (Å²) >= 11 is 3.33. The standard InChI is InChI=1S/C11H10BrN3O2/c1-6(2)11-13-9-7(10(12)14-11)4-3-5-8(9)15(16)17/h3-6H,1-2H3. The molecule has 0 N–H and O–H groups in total. The third-order valence-electron chi connectivity index (χ3n) is 2.39. The highest BCUT2D eigenvalue weighted by molar-refractivity contribution is 9.10. The molecule has 0 aliphatic rings. The average molecular weight is 296 g/mol. The fraction of sp³-hybridized carbons (Fsp3) is 0.273. The summed E-state index contributed by atoms with van der Waals surface area (Å²) in [5.41, 5.74) is 0.385. The lowest BCUT2D eigenvalue weighted by molar-refractivity contribution is -0.383. The van der Waals surface area contributed by atoms with Crippen molar-refractivity contribution in [2.24, 2.45) is 0 Å². The van der Waals surface area contributed by atoms with Crippen molar-refractivity contribution in [3.63, 3.8) is 0 Å². The molecular weight excluding hydrogens is 286 g/mol. The van der Waals surface area contributed by atoms with E-state index in [0.29, 0.717) is 21.3 Å². The number of benzene rings is 1. The van der Waals surface area contributed by atoms with Crippen LogP contribution < -0.4 is 0 Å². The lowest BCUT2D eigenvalue weighted by Gasteiger charge is -2.06. The van der Waals surface area contributed by atoms with Crippen LogP contribution in [0.25, 0.3) is 10.9 Å². The number of fused-ring (bicyclic) bond motifs is 1. The second-order valence-corrected chi connectivity index (χ2v) is 4.71. The van der Waals surface area contributed by atoms with Crippen LogP contribution in [0.1, 0.15) is 25.6 Å². The Balaban J connectivity index is 2.83. The van der Waals surface area contributed by atoms with Crippen LogP contribution in [0, 0.1) is 10.1 Å². The van der Waals surface area contributed by atoms with E-state index in [0.717, 1.165) is 0 Å². The van der Waals surface area contributed by atoms with Gasteiger partial charge in [0.1, 0.15) is 10.4 Å². The fourth-order valence-corrected chi connectivity index (χ4v) is 2.02. The van der Waals surface area contributed by atoms with Crippen molar-refractivity contribution in [2.45, 2.75) is 19.8 Å². The van der Waals surface area contributed by atoms with E-state index in [9.17, 15) is 10.1 Å². The molecule has 88 valence electrons. The molecule has 2 aromatic rings. The molecule has 1 heterocycles. The highest BCUT2D eigenvalue weighted by Gasteiger charge is 2.17. The quantitative estimate of drug-likeness (QED) is 0.483. The predicted octanol–water partition coefficient (Wildman–Crippen LogP) is 3.42. The molecule has 0 bridgehead atoms. The Morgan fingerprint density at radius 1 is 1.35 bits per heavy atom. The average Bonchev–Trinajstić information content (AvgIpc) is 2.27. The topological polar surface area (TPSA) is 68.9 Å². The third-order valence-corrected chi connectivity index (χ3v) is 2.99. The van der Waals surface area contributed by atoms with Gasteiger partial charge in [0, 0.05) is 17.4 Å². The second kappa shape index (κ2) is 4.37. The van der Waals surface area contributed by atoms with Gasteiger partial charge in [0.05, 0.1) is 4.92 Å². The van der Waals surface area contributed by atoms with Crippen LogP contribution in [0.2, 0.25) is 0 Å². The molecule has 1 aromatic carbocycles. The van der Waals surface area contributed by atoms with Crippen LogP contribution in [0.15, 0.2) is 22.8 Å². The van der Waals surface area contributed by atoms with Gasteiger partial charge in [-0.15, -0.1) is 0 Å². The van der Waals surface area contributed by atoms with E-state index in [1.807, 2.05) is 13.8 Å². The molecule has 1 aromatic heterocycles. The third kappa shape index (κ3) is 2.12. The van der Waals surface area contributed by atoms with Crippen LogP contribution in [0.4, 0.5) is 5.69 Å². The largest absolute Gasteiger partial charge is 0.295 e. The fourth-order valence-electron chi connectivity index (χ4n) is 1.52. The number of halogens is 1. The summed E-state index contributed by atoms with van der Waals surface area (Å²) < 4.78 is 0.593. The van der Waals surface area contributed by atoms with Crippen LogP contribution in [-0.4, -0.2) is 14.9 Å². The Bertz CT molecular complexity index is 599. The van der Waals surface area contributed by atoms with Crippen molar-refractivity contribution < 1.29 is 4.92 Å². The summed E-state index contributed by atoms with van der Waals surface area (Å²) in [6, 6.07) is 4.84. The molecule has 0 aliphatic carbocycles. The van der Waals surface area contributed by atoms with E-state index in [2.05, 4.69) is 25.9 Å². The minimum atomic E-state index is -0.425. The van der Waals surface area contributed by atoms with E-state index >= 15 is 0 Å². The Morgan fingerprint density at radius 2 is 2.06 bits per heavy atom. The monoisotopic (exact) mass is 295 g/mol. The highest BCUT2D eigenvalue weighted by Crippen LogP contribution is 2.29. The highest BCUT2D eigenvalue weighted by atomic mass is 79.9.